The minimum atomic E-state index is -0.635. The van der Waals surface area contributed by atoms with E-state index in [4.69, 9.17) is 25.5 Å². The smallest absolute Gasteiger partial charge is 0.341 e. The molecule has 24 heavy (non-hydrogen) atoms. The largest absolute Gasteiger partial charge is 0.495 e. The Hall–Kier alpha value is -2.73. The maximum Gasteiger partial charge on any atom is 0.341 e. The zero-order valence-electron chi connectivity index (χ0n) is 13.4. The molecule has 1 heterocycles. The Morgan fingerprint density at radius 2 is 1.96 bits per heavy atom. The standard InChI is InChI=1S/C17H16ClNO5/c1-9(10-5-6-13(22-3)12(18)7-10)15-11(17(21)23-4)8-14(24-15)16(20)19-2/h5-8H,1H2,2-4H3,(H,19,20). The normalized spacial score (nSPS) is 10.2. The van der Waals surface area contributed by atoms with Gasteiger partial charge in [0.15, 0.2) is 5.76 Å². The van der Waals surface area contributed by atoms with E-state index >= 15 is 0 Å². The molecule has 1 amide bonds. The van der Waals surface area contributed by atoms with Crippen LogP contribution in [0, 0.1) is 0 Å². The first kappa shape index (κ1) is 17.6. The van der Waals surface area contributed by atoms with E-state index in [0.29, 0.717) is 21.9 Å². The van der Waals surface area contributed by atoms with Crippen LogP contribution in [0.15, 0.2) is 35.3 Å². The molecule has 1 aromatic heterocycles. The number of carbonyl (C=O) groups excluding carboxylic acids is 2. The summed E-state index contributed by atoms with van der Waals surface area (Å²) in [6.07, 6.45) is 0. The van der Waals surface area contributed by atoms with Crippen LogP contribution in [0.4, 0.5) is 0 Å². The average molecular weight is 350 g/mol. The zero-order chi connectivity index (χ0) is 17.9. The lowest BCUT2D eigenvalue weighted by molar-refractivity contribution is 0.0599. The Morgan fingerprint density at radius 1 is 1.25 bits per heavy atom. The molecule has 2 rings (SSSR count). The van der Waals surface area contributed by atoms with E-state index in [1.54, 1.807) is 18.2 Å². The van der Waals surface area contributed by atoms with Gasteiger partial charge in [0.2, 0.25) is 0 Å². The predicted octanol–water partition coefficient (Wildman–Crippen LogP) is 3.15. The van der Waals surface area contributed by atoms with Crippen LogP contribution in [-0.2, 0) is 4.74 Å². The summed E-state index contributed by atoms with van der Waals surface area (Å²) in [5.41, 5.74) is 1.10. The molecular formula is C17H16ClNO5. The molecule has 0 radical (unpaired) electrons. The Bertz CT molecular complexity index is 809. The second-order valence-corrected chi connectivity index (χ2v) is 5.16. The molecule has 0 aliphatic carbocycles. The first-order valence-corrected chi connectivity index (χ1v) is 7.28. The van der Waals surface area contributed by atoms with Crippen LogP contribution in [0.5, 0.6) is 5.75 Å². The van der Waals surface area contributed by atoms with Gasteiger partial charge in [-0.15, -0.1) is 0 Å². The minimum Gasteiger partial charge on any atom is -0.495 e. The molecule has 0 unspecified atom stereocenters. The fourth-order valence-corrected chi connectivity index (χ4v) is 2.35. The van der Waals surface area contributed by atoms with Gasteiger partial charge >= 0.3 is 5.97 Å². The molecule has 0 atom stereocenters. The number of carbonyl (C=O) groups is 2. The van der Waals surface area contributed by atoms with Crippen LogP contribution in [0.3, 0.4) is 0 Å². The van der Waals surface area contributed by atoms with E-state index in [2.05, 4.69) is 11.9 Å². The van der Waals surface area contributed by atoms with Gasteiger partial charge in [-0.2, -0.15) is 0 Å². The molecule has 6 nitrogen and oxygen atoms in total. The number of furan rings is 1. The van der Waals surface area contributed by atoms with Crippen molar-refractivity contribution < 1.29 is 23.5 Å². The van der Waals surface area contributed by atoms with Crippen LogP contribution >= 0.6 is 11.6 Å². The maximum atomic E-state index is 12.0. The van der Waals surface area contributed by atoms with E-state index in [0.717, 1.165) is 0 Å². The van der Waals surface area contributed by atoms with Crippen molar-refractivity contribution in [2.24, 2.45) is 0 Å². The first-order valence-electron chi connectivity index (χ1n) is 6.90. The monoisotopic (exact) mass is 349 g/mol. The van der Waals surface area contributed by atoms with Crippen LogP contribution < -0.4 is 10.1 Å². The van der Waals surface area contributed by atoms with Crippen LogP contribution in [0.2, 0.25) is 5.02 Å². The molecule has 1 aromatic carbocycles. The van der Waals surface area contributed by atoms with Crippen molar-refractivity contribution in [1.29, 1.82) is 0 Å². The summed E-state index contributed by atoms with van der Waals surface area (Å²) in [5, 5.41) is 2.81. The number of benzene rings is 1. The van der Waals surface area contributed by atoms with Gasteiger partial charge in [-0.3, -0.25) is 4.79 Å². The molecule has 0 fully saturated rings. The molecule has 7 heteroatoms. The molecule has 0 aliphatic heterocycles. The van der Waals surface area contributed by atoms with Crippen molar-refractivity contribution >= 4 is 29.1 Å². The third kappa shape index (κ3) is 3.28. The Morgan fingerprint density at radius 3 is 2.50 bits per heavy atom. The van der Waals surface area contributed by atoms with E-state index in [-0.39, 0.29) is 17.1 Å². The van der Waals surface area contributed by atoms with Crippen LogP contribution in [0.25, 0.3) is 5.57 Å². The molecule has 1 N–H and O–H groups in total. The van der Waals surface area contributed by atoms with Gasteiger partial charge in [-0.25, -0.2) is 4.79 Å². The SMILES string of the molecule is C=C(c1ccc(OC)c(Cl)c1)c1oc(C(=O)NC)cc1C(=O)OC. The summed E-state index contributed by atoms with van der Waals surface area (Å²) in [6.45, 7) is 3.93. The maximum absolute atomic E-state index is 12.0. The number of esters is 1. The number of amides is 1. The Kier molecular flexibility index (Phi) is 5.31. The summed E-state index contributed by atoms with van der Waals surface area (Å²) in [5.74, 6) is -0.473. The summed E-state index contributed by atoms with van der Waals surface area (Å²) in [4.78, 5) is 23.7. The lowest BCUT2D eigenvalue weighted by Gasteiger charge is -2.08. The minimum absolute atomic E-state index is 0.0198. The van der Waals surface area contributed by atoms with Crippen molar-refractivity contribution in [2.45, 2.75) is 0 Å². The quantitative estimate of drug-likeness (QED) is 0.839. The number of hydrogen-bond acceptors (Lipinski definition) is 5. The van der Waals surface area contributed by atoms with Crippen molar-refractivity contribution in [3.05, 3.63) is 58.5 Å². The van der Waals surface area contributed by atoms with E-state index in [1.807, 2.05) is 0 Å². The molecule has 0 spiro atoms. The summed E-state index contributed by atoms with van der Waals surface area (Å²) in [6, 6.07) is 6.33. The van der Waals surface area contributed by atoms with Gasteiger partial charge < -0.3 is 19.2 Å². The number of halogens is 1. The van der Waals surface area contributed by atoms with Crippen LogP contribution in [-0.4, -0.2) is 33.1 Å². The van der Waals surface area contributed by atoms with Crippen molar-refractivity contribution in [3.63, 3.8) is 0 Å². The summed E-state index contributed by atoms with van der Waals surface area (Å²) < 4.78 is 15.4. The van der Waals surface area contributed by atoms with Gasteiger partial charge in [0.05, 0.1) is 19.2 Å². The van der Waals surface area contributed by atoms with Crippen LogP contribution in [0.1, 0.15) is 32.2 Å². The molecule has 0 saturated carbocycles. The number of methoxy groups -OCH3 is 2. The van der Waals surface area contributed by atoms with Gasteiger partial charge in [0.25, 0.3) is 5.91 Å². The van der Waals surface area contributed by atoms with Crippen molar-refractivity contribution in [3.8, 4) is 5.75 Å². The fourth-order valence-electron chi connectivity index (χ4n) is 2.10. The van der Waals surface area contributed by atoms with E-state index in [9.17, 15) is 9.59 Å². The highest BCUT2D eigenvalue weighted by molar-refractivity contribution is 6.32. The highest BCUT2D eigenvalue weighted by Gasteiger charge is 2.24. The molecular weight excluding hydrogens is 334 g/mol. The topological polar surface area (TPSA) is 77.8 Å². The number of hydrogen-bond donors (Lipinski definition) is 1. The fraction of sp³-hybridized carbons (Fsp3) is 0.176. The lowest BCUT2D eigenvalue weighted by Crippen LogP contribution is -2.16. The first-order chi connectivity index (χ1) is 11.4. The van der Waals surface area contributed by atoms with Crippen molar-refractivity contribution in [1.82, 2.24) is 5.32 Å². The molecule has 0 saturated heterocycles. The lowest BCUT2D eigenvalue weighted by atomic mass is 10.0. The second kappa shape index (κ2) is 7.23. The third-order valence-electron chi connectivity index (χ3n) is 3.36. The number of ether oxygens (including phenoxy) is 2. The predicted molar refractivity (Wildman–Crippen MR) is 89.6 cm³/mol. The van der Waals surface area contributed by atoms with E-state index in [1.165, 1.54) is 27.3 Å². The molecule has 2 aromatic rings. The van der Waals surface area contributed by atoms with Gasteiger partial charge in [-0.05, 0) is 17.7 Å². The van der Waals surface area contributed by atoms with Gasteiger partial charge in [0, 0.05) is 18.7 Å². The molecule has 0 aliphatic rings. The van der Waals surface area contributed by atoms with Gasteiger partial charge in [-0.1, -0.05) is 24.2 Å². The molecule has 126 valence electrons. The highest BCUT2D eigenvalue weighted by atomic mass is 35.5. The summed E-state index contributed by atoms with van der Waals surface area (Å²) >= 11 is 6.12. The molecule has 0 bridgehead atoms. The number of rotatable bonds is 5. The zero-order valence-corrected chi connectivity index (χ0v) is 14.2. The third-order valence-corrected chi connectivity index (χ3v) is 3.66. The highest BCUT2D eigenvalue weighted by Crippen LogP contribution is 2.33. The Balaban J connectivity index is 2.51. The second-order valence-electron chi connectivity index (χ2n) is 4.75. The average Bonchev–Trinajstić information content (AvgIpc) is 3.04. The van der Waals surface area contributed by atoms with Gasteiger partial charge in [0.1, 0.15) is 17.1 Å². The van der Waals surface area contributed by atoms with E-state index < -0.39 is 11.9 Å². The van der Waals surface area contributed by atoms with Crippen molar-refractivity contribution in [2.75, 3.05) is 21.3 Å². The number of nitrogens with one attached hydrogen (secondary N) is 1. The summed E-state index contributed by atoms with van der Waals surface area (Å²) in [7, 11) is 4.21. The Labute approximate surface area is 144 Å².